The molecule has 172 valence electrons. The molecule has 8 nitrogen and oxygen atoms in total. The molecule has 0 radical (unpaired) electrons. The van der Waals surface area contributed by atoms with Gasteiger partial charge in [0.05, 0.1) is 6.04 Å². The van der Waals surface area contributed by atoms with Gasteiger partial charge in [0.15, 0.2) is 11.3 Å². The van der Waals surface area contributed by atoms with Crippen molar-refractivity contribution in [2.24, 2.45) is 0 Å². The summed E-state index contributed by atoms with van der Waals surface area (Å²) in [5.41, 5.74) is -0.592. The monoisotopic (exact) mass is 487 g/mol. The fourth-order valence-electron chi connectivity index (χ4n) is 2.67. The number of rotatable bonds is 8. The molecule has 2 rings (SSSR count). The van der Waals surface area contributed by atoms with Crippen LogP contribution in [0.3, 0.4) is 0 Å². The highest BCUT2D eigenvalue weighted by molar-refractivity contribution is 7.81. The molecule has 1 amide bonds. The highest BCUT2D eigenvalue weighted by atomic mass is 35.7. The molecule has 10 heteroatoms. The van der Waals surface area contributed by atoms with E-state index in [0.717, 1.165) is 5.56 Å². The van der Waals surface area contributed by atoms with Gasteiger partial charge in [-0.2, -0.15) is 10.5 Å². The van der Waals surface area contributed by atoms with E-state index < -0.39 is 36.0 Å². The fraction of sp³-hybridized carbons (Fsp3) is 0.261. The summed E-state index contributed by atoms with van der Waals surface area (Å²) in [6.45, 7) is 0.676. The molecule has 1 unspecified atom stereocenters. The quantitative estimate of drug-likeness (QED) is 0.281. The summed E-state index contributed by atoms with van der Waals surface area (Å²) in [5.74, 6) is -0.241. The van der Waals surface area contributed by atoms with Crippen molar-refractivity contribution in [2.45, 2.75) is 38.8 Å². The molecule has 0 saturated carbocycles. The topological polar surface area (TPSA) is 121 Å². The number of alkyl carbamates (subject to hydrolysis) is 1. The lowest BCUT2D eigenvalue weighted by Crippen LogP contribution is -2.42. The van der Waals surface area contributed by atoms with E-state index in [4.69, 9.17) is 25.0 Å². The van der Waals surface area contributed by atoms with E-state index >= 15 is 0 Å². The second kappa shape index (κ2) is 11.4. The molecule has 0 saturated heterocycles. The van der Waals surface area contributed by atoms with Gasteiger partial charge in [0, 0.05) is 17.7 Å². The van der Waals surface area contributed by atoms with Gasteiger partial charge in [0.1, 0.15) is 23.5 Å². The van der Waals surface area contributed by atoms with Crippen molar-refractivity contribution >= 4 is 24.3 Å². The molecule has 0 fully saturated rings. The van der Waals surface area contributed by atoms with Crippen molar-refractivity contribution in [3.8, 4) is 17.9 Å². The molecule has 0 bridgehead atoms. The average Bonchev–Trinajstić information content (AvgIpc) is 2.73. The van der Waals surface area contributed by atoms with E-state index in [9.17, 15) is 19.9 Å². The van der Waals surface area contributed by atoms with Gasteiger partial charge in [0.25, 0.3) is 0 Å². The molecule has 0 spiro atoms. The van der Waals surface area contributed by atoms with Crippen molar-refractivity contribution in [1.29, 1.82) is 10.5 Å². The maximum atomic E-state index is 12.9. The number of benzene rings is 2. The number of nitriles is 2. The molecule has 0 aliphatic rings. The Morgan fingerprint density at radius 2 is 1.61 bits per heavy atom. The number of amides is 1. The minimum Gasteiger partial charge on any atom is -0.444 e. The summed E-state index contributed by atoms with van der Waals surface area (Å²) < 4.78 is 28.9. The Balaban J connectivity index is 2.43. The van der Waals surface area contributed by atoms with E-state index in [1.165, 1.54) is 12.1 Å². The largest absolute Gasteiger partial charge is 0.530 e. The van der Waals surface area contributed by atoms with Gasteiger partial charge in [-0.15, -0.1) is 0 Å². The average molecular weight is 488 g/mol. The fourth-order valence-corrected chi connectivity index (χ4v) is 4.00. The maximum Gasteiger partial charge on any atom is 0.530 e. The molecule has 2 aromatic rings. The number of hydrogen-bond acceptors (Lipinski definition) is 7. The summed E-state index contributed by atoms with van der Waals surface area (Å²) in [4.78, 5) is 12.5. The zero-order valence-corrected chi connectivity index (χ0v) is 20.0. The molecule has 1 N–H and O–H groups in total. The van der Waals surface area contributed by atoms with Crippen LogP contribution in [0.5, 0.6) is 5.75 Å². The number of hydrogen-bond donors (Lipinski definition) is 1. The Bertz CT molecular complexity index is 1100. The van der Waals surface area contributed by atoms with Gasteiger partial charge < -0.3 is 19.1 Å². The second-order valence-electron chi connectivity index (χ2n) is 7.78. The van der Waals surface area contributed by atoms with Crippen LogP contribution in [0.2, 0.25) is 0 Å². The highest BCUT2D eigenvalue weighted by Gasteiger charge is 2.34. The van der Waals surface area contributed by atoms with Crippen LogP contribution in [0.15, 0.2) is 72.0 Å². The number of halogens is 1. The van der Waals surface area contributed by atoms with Crippen molar-refractivity contribution in [3.63, 3.8) is 0 Å². The Labute approximate surface area is 197 Å². The second-order valence-corrected chi connectivity index (χ2v) is 10.2. The van der Waals surface area contributed by atoms with E-state index in [1.807, 2.05) is 6.07 Å². The Kier molecular flexibility index (Phi) is 8.94. The van der Waals surface area contributed by atoms with Crippen LogP contribution < -0.4 is 9.84 Å². The number of allylic oxidation sites excluding steroid dienone is 1. The maximum absolute atomic E-state index is 12.9. The first-order valence-corrected chi connectivity index (χ1v) is 12.3. The van der Waals surface area contributed by atoms with Crippen LogP contribution in [0, 0.1) is 22.7 Å². The summed E-state index contributed by atoms with van der Waals surface area (Å²) in [7, 11) is 0. The van der Waals surface area contributed by atoms with Crippen LogP contribution in [-0.2, 0) is 20.2 Å². The standard InChI is InChI=1S/C23H23ClN3O5P/c1-23(2,3)30-22(28)27-20(14-17-10-6-4-7-11-17)21(18(15-25)16-26)32-33(24,29)31-19-12-8-5-9-13-19/h4-13,20H,14H2,1-3H3,(H,27,28)/t20-,33?/m0/s1. The first kappa shape index (κ1) is 25.8. The van der Waals surface area contributed by atoms with Crippen LogP contribution >= 0.6 is 18.2 Å². The Hall–Kier alpha value is -3.45. The van der Waals surface area contributed by atoms with Gasteiger partial charge >= 0.3 is 13.0 Å². The molecule has 0 aliphatic carbocycles. The Morgan fingerprint density at radius 1 is 1.06 bits per heavy atom. The number of carbonyl (C=O) groups is 1. The van der Waals surface area contributed by atoms with E-state index in [2.05, 4.69) is 5.32 Å². The lowest BCUT2D eigenvalue weighted by molar-refractivity contribution is 0.0502. The normalized spacial score (nSPS) is 13.3. The van der Waals surface area contributed by atoms with Crippen LogP contribution in [0.1, 0.15) is 26.3 Å². The number of nitrogens with zero attached hydrogens (tertiary/aromatic N) is 2. The van der Waals surface area contributed by atoms with Crippen molar-refractivity contribution in [3.05, 3.63) is 77.6 Å². The van der Waals surface area contributed by atoms with E-state index in [0.29, 0.717) is 0 Å². The minimum atomic E-state index is -4.37. The van der Waals surface area contributed by atoms with Crippen LogP contribution in [-0.4, -0.2) is 17.7 Å². The predicted octanol–water partition coefficient (Wildman–Crippen LogP) is 5.87. The summed E-state index contributed by atoms with van der Waals surface area (Å²) in [6.07, 6.45) is -0.738. The lowest BCUT2D eigenvalue weighted by atomic mass is 10.0. The minimum absolute atomic E-state index is 0.0878. The molecular weight excluding hydrogens is 465 g/mol. The van der Waals surface area contributed by atoms with Crippen LogP contribution in [0.25, 0.3) is 0 Å². The Morgan fingerprint density at radius 3 is 2.12 bits per heavy atom. The first-order chi connectivity index (χ1) is 15.5. The summed E-state index contributed by atoms with van der Waals surface area (Å²) in [5, 5.41) is 21.6. The van der Waals surface area contributed by atoms with Gasteiger partial charge in [-0.25, -0.2) is 9.36 Å². The number of carbonyl (C=O) groups excluding carboxylic acids is 1. The number of para-hydroxylation sites is 1. The van der Waals surface area contributed by atoms with Gasteiger partial charge in [-0.1, -0.05) is 48.5 Å². The van der Waals surface area contributed by atoms with E-state index in [-0.39, 0.29) is 12.2 Å². The lowest BCUT2D eigenvalue weighted by Gasteiger charge is -2.26. The molecule has 0 aliphatic heterocycles. The molecule has 0 heterocycles. The van der Waals surface area contributed by atoms with Gasteiger partial charge in [-0.05, 0) is 38.5 Å². The third kappa shape index (κ3) is 8.90. The number of nitrogens with one attached hydrogen (secondary N) is 1. The summed E-state index contributed by atoms with van der Waals surface area (Å²) in [6, 6.07) is 19.2. The SMILES string of the molecule is CC(C)(C)OC(=O)N[C@@H](Cc1ccccc1)C(OP(=O)(Cl)Oc1ccccc1)=C(C#N)C#N. The molecule has 33 heavy (non-hydrogen) atoms. The van der Waals surface area contributed by atoms with Gasteiger partial charge in [0.2, 0.25) is 0 Å². The van der Waals surface area contributed by atoms with Crippen molar-refractivity contribution in [2.75, 3.05) is 0 Å². The molecule has 2 atom stereocenters. The number of ether oxygens (including phenoxy) is 1. The first-order valence-electron chi connectivity index (χ1n) is 9.85. The van der Waals surface area contributed by atoms with Crippen LogP contribution in [0.4, 0.5) is 4.79 Å². The molecular formula is C23H23ClN3O5P. The van der Waals surface area contributed by atoms with E-state index in [1.54, 1.807) is 75.4 Å². The molecule has 2 aromatic carbocycles. The highest BCUT2D eigenvalue weighted by Crippen LogP contribution is 2.55. The molecule has 0 aromatic heterocycles. The van der Waals surface area contributed by atoms with Crippen molar-refractivity contribution in [1.82, 2.24) is 5.32 Å². The van der Waals surface area contributed by atoms with Gasteiger partial charge in [-0.3, -0.25) is 0 Å². The third-order valence-electron chi connectivity index (χ3n) is 3.93. The predicted molar refractivity (Wildman–Crippen MR) is 123 cm³/mol. The zero-order valence-electron chi connectivity index (χ0n) is 18.3. The van der Waals surface area contributed by atoms with Crippen molar-refractivity contribution < 1.29 is 23.1 Å². The smallest absolute Gasteiger partial charge is 0.444 e. The summed E-state index contributed by atoms with van der Waals surface area (Å²) >= 11 is 6.03. The zero-order chi connectivity index (χ0) is 24.5. The third-order valence-corrected chi connectivity index (χ3v) is 5.18.